The zero-order valence-corrected chi connectivity index (χ0v) is 11.0. The van der Waals surface area contributed by atoms with E-state index >= 15 is 0 Å². The van der Waals surface area contributed by atoms with E-state index in [0.717, 1.165) is 0 Å². The lowest BCUT2D eigenvalue weighted by Gasteiger charge is -2.22. The normalized spacial score (nSPS) is 11.5. The summed E-state index contributed by atoms with van der Waals surface area (Å²) in [6, 6.07) is 0. The van der Waals surface area contributed by atoms with Gasteiger partial charge in [-0.25, -0.2) is 9.78 Å². The van der Waals surface area contributed by atoms with Crippen molar-refractivity contribution in [3.63, 3.8) is 0 Å². The Hall–Kier alpha value is -0.840. The number of nitrogens with zero attached hydrogens (tertiary/aromatic N) is 2. The molecule has 0 amide bonds. The summed E-state index contributed by atoms with van der Waals surface area (Å²) < 4.78 is 7.30. The number of ether oxygens (including phenoxy) is 1. The average Bonchev–Trinajstić information content (AvgIpc) is 2.46. The lowest BCUT2D eigenvalue weighted by atomic mass is 10.1. The van der Waals surface area contributed by atoms with Gasteiger partial charge >= 0.3 is 5.97 Å². The monoisotopic (exact) mass is 274 g/mol. The molecule has 15 heavy (non-hydrogen) atoms. The molecule has 0 atom stereocenters. The number of hydrogen-bond acceptors (Lipinski definition) is 3. The van der Waals surface area contributed by atoms with Crippen LogP contribution in [0.3, 0.4) is 0 Å². The molecule has 0 aliphatic heterocycles. The summed E-state index contributed by atoms with van der Waals surface area (Å²) in [5.74, 6) is -0.350. The fourth-order valence-corrected chi connectivity index (χ4v) is 1.66. The number of rotatable bonds is 2. The molecule has 1 aromatic heterocycles. The van der Waals surface area contributed by atoms with Crippen molar-refractivity contribution in [3.8, 4) is 0 Å². The van der Waals surface area contributed by atoms with Gasteiger partial charge in [-0.1, -0.05) is 0 Å². The maximum Gasteiger partial charge on any atom is 0.357 e. The van der Waals surface area contributed by atoms with Gasteiger partial charge in [-0.15, -0.1) is 0 Å². The average molecular weight is 275 g/mol. The van der Waals surface area contributed by atoms with E-state index in [4.69, 9.17) is 4.74 Å². The van der Waals surface area contributed by atoms with Crippen LogP contribution in [0.1, 0.15) is 38.2 Å². The number of hydrogen-bond donors (Lipinski definition) is 0. The third-order valence-electron chi connectivity index (χ3n) is 1.91. The Morgan fingerprint density at radius 2 is 2.20 bits per heavy atom. The summed E-state index contributed by atoms with van der Waals surface area (Å²) in [5.41, 5.74) is 0.269. The molecule has 1 heterocycles. The Bertz CT molecular complexity index is 366. The molecule has 0 saturated carbocycles. The summed E-state index contributed by atoms with van der Waals surface area (Å²) in [5, 5.41) is 0. The van der Waals surface area contributed by atoms with Crippen LogP contribution in [0.15, 0.2) is 10.9 Å². The zero-order chi connectivity index (χ0) is 11.6. The quantitative estimate of drug-likeness (QED) is 0.779. The molecule has 4 nitrogen and oxygen atoms in total. The molecule has 0 fully saturated rings. The van der Waals surface area contributed by atoms with Crippen molar-refractivity contribution in [2.45, 2.75) is 33.2 Å². The van der Waals surface area contributed by atoms with E-state index in [0.29, 0.717) is 16.9 Å². The SMILES string of the molecule is CCOC(=O)c1c(Br)ncn1C(C)(C)C. The molecule has 84 valence electrons. The maximum absolute atomic E-state index is 11.7. The van der Waals surface area contributed by atoms with Crippen LogP contribution in [-0.4, -0.2) is 22.1 Å². The van der Waals surface area contributed by atoms with Gasteiger partial charge in [0.1, 0.15) is 4.60 Å². The minimum absolute atomic E-state index is 0.193. The first-order chi connectivity index (χ1) is 6.88. The van der Waals surface area contributed by atoms with E-state index < -0.39 is 0 Å². The summed E-state index contributed by atoms with van der Waals surface area (Å²) >= 11 is 3.25. The summed E-state index contributed by atoms with van der Waals surface area (Å²) in [4.78, 5) is 15.7. The van der Waals surface area contributed by atoms with E-state index in [1.54, 1.807) is 17.8 Å². The highest BCUT2D eigenvalue weighted by Crippen LogP contribution is 2.23. The van der Waals surface area contributed by atoms with Gasteiger partial charge in [0.2, 0.25) is 0 Å². The Labute approximate surface area is 97.8 Å². The first-order valence-electron chi connectivity index (χ1n) is 4.78. The molecule has 5 heteroatoms. The third-order valence-corrected chi connectivity index (χ3v) is 2.49. The van der Waals surface area contributed by atoms with Gasteiger partial charge < -0.3 is 9.30 Å². The van der Waals surface area contributed by atoms with Crippen LogP contribution >= 0.6 is 15.9 Å². The number of halogens is 1. The zero-order valence-electron chi connectivity index (χ0n) is 9.37. The topological polar surface area (TPSA) is 44.1 Å². The van der Waals surface area contributed by atoms with Crippen molar-refractivity contribution in [1.29, 1.82) is 0 Å². The lowest BCUT2D eigenvalue weighted by molar-refractivity contribution is 0.0506. The minimum atomic E-state index is -0.350. The maximum atomic E-state index is 11.7. The summed E-state index contributed by atoms with van der Waals surface area (Å²) in [7, 11) is 0. The molecule has 0 saturated heterocycles. The van der Waals surface area contributed by atoms with E-state index in [1.165, 1.54) is 0 Å². The van der Waals surface area contributed by atoms with Gasteiger partial charge in [-0.2, -0.15) is 0 Å². The molecular formula is C10H15BrN2O2. The second-order valence-corrected chi connectivity index (χ2v) is 4.90. The van der Waals surface area contributed by atoms with Crippen LogP contribution in [0.4, 0.5) is 0 Å². The highest BCUT2D eigenvalue weighted by atomic mass is 79.9. The number of carbonyl (C=O) groups excluding carboxylic acids is 1. The molecule has 0 aromatic carbocycles. The van der Waals surface area contributed by atoms with E-state index in [2.05, 4.69) is 20.9 Å². The molecule has 0 radical (unpaired) electrons. The molecule has 0 bridgehead atoms. The van der Waals surface area contributed by atoms with Crippen LogP contribution < -0.4 is 0 Å². The summed E-state index contributed by atoms with van der Waals surface area (Å²) in [6.45, 7) is 8.15. The van der Waals surface area contributed by atoms with E-state index in [9.17, 15) is 4.79 Å². The van der Waals surface area contributed by atoms with Crippen LogP contribution in [0.2, 0.25) is 0 Å². The van der Waals surface area contributed by atoms with E-state index in [-0.39, 0.29) is 11.5 Å². The predicted molar refractivity (Wildman–Crippen MR) is 60.9 cm³/mol. The Morgan fingerprint density at radius 3 is 2.67 bits per heavy atom. The number of carbonyl (C=O) groups is 1. The Balaban J connectivity index is 3.16. The second kappa shape index (κ2) is 4.35. The molecule has 0 aliphatic carbocycles. The van der Waals surface area contributed by atoms with Gasteiger partial charge in [-0.05, 0) is 43.6 Å². The highest BCUT2D eigenvalue weighted by Gasteiger charge is 2.24. The fraction of sp³-hybridized carbons (Fsp3) is 0.600. The van der Waals surface area contributed by atoms with Crippen molar-refractivity contribution in [2.75, 3.05) is 6.61 Å². The molecule has 0 unspecified atom stereocenters. The van der Waals surface area contributed by atoms with Gasteiger partial charge in [-0.3, -0.25) is 0 Å². The van der Waals surface area contributed by atoms with Crippen LogP contribution in [0.25, 0.3) is 0 Å². The Kier molecular flexibility index (Phi) is 3.54. The number of imidazole rings is 1. The van der Waals surface area contributed by atoms with Crippen LogP contribution in [-0.2, 0) is 10.3 Å². The number of aromatic nitrogens is 2. The first kappa shape index (κ1) is 12.2. The molecular weight excluding hydrogens is 260 g/mol. The highest BCUT2D eigenvalue weighted by molar-refractivity contribution is 9.10. The molecule has 1 aromatic rings. The number of esters is 1. The third kappa shape index (κ3) is 2.59. The Morgan fingerprint density at radius 1 is 1.60 bits per heavy atom. The lowest BCUT2D eigenvalue weighted by Crippen LogP contribution is -2.26. The van der Waals surface area contributed by atoms with Crippen LogP contribution in [0, 0.1) is 0 Å². The van der Waals surface area contributed by atoms with Crippen molar-refractivity contribution in [1.82, 2.24) is 9.55 Å². The minimum Gasteiger partial charge on any atom is -0.461 e. The van der Waals surface area contributed by atoms with Gasteiger partial charge in [0.15, 0.2) is 5.69 Å². The first-order valence-corrected chi connectivity index (χ1v) is 5.57. The smallest absolute Gasteiger partial charge is 0.357 e. The molecule has 0 spiro atoms. The second-order valence-electron chi connectivity index (χ2n) is 4.15. The van der Waals surface area contributed by atoms with Crippen molar-refractivity contribution in [2.24, 2.45) is 0 Å². The van der Waals surface area contributed by atoms with Gasteiger partial charge in [0.25, 0.3) is 0 Å². The standard InChI is InChI=1S/C10H15BrN2O2/c1-5-15-9(14)7-8(11)12-6-13(7)10(2,3)4/h6H,5H2,1-4H3. The van der Waals surface area contributed by atoms with Gasteiger partial charge in [0.05, 0.1) is 12.9 Å². The largest absolute Gasteiger partial charge is 0.461 e. The molecule has 0 aliphatic rings. The van der Waals surface area contributed by atoms with E-state index in [1.807, 2.05) is 20.8 Å². The molecule has 1 rings (SSSR count). The van der Waals surface area contributed by atoms with Crippen molar-refractivity contribution < 1.29 is 9.53 Å². The van der Waals surface area contributed by atoms with Gasteiger partial charge in [0, 0.05) is 5.54 Å². The van der Waals surface area contributed by atoms with Crippen LogP contribution in [0.5, 0.6) is 0 Å². The van der Waals surface area contributed by atoms with Crippen molar-refractivity contribution in [3.05, 3.63) is 16.6 Å². The summed E-state index contributed by atoms with van der Waals surface area (Å²) in [6.07, 6.45) is 1.64. The van der Waals surface area contributed by atoms with Crippen molar-refractivity contribution >= 4 is 21.9 Å². The fourth-order valence-electron chi connectivity index (χ4n) is 1.22. The predicted octanol–water partition coefficient (Wildman–Crippen LogP) is 2.58. The molecule has 0 N–H and O–H groups in total.